The number of nitrogens with zero attached hydrogens (tertiary/aromatic N) is 1. The highest BCUT2D eigenvalue weighted by atomic mass is 16.5. The average Bonchev–Trinajstić information content (AvgIpc) is 2.72. The second kappa shape index (κ2) is 8.22. The number of methoxy groups -OCH3 is 2. The molecule has 6 heteroatoms. The molecule has 0 spiro atoms. The molecule has 0 aliphatic carbocycles. The molecular weight excluding hydrogens is 344 g/mol. The van der Waals surface area contributed by atoms with Crippen molar-refractivity contribution in [1.82, 2.24) is 10.2 Å². The van der Waals surface area contributed by atoms with E-state index in [1.165, 1.54) is 14.2 Å². The van der Waals surface area contributed by atoms with Crippen LogP contribution in [0.2, 0.25) is 0 Å². The fraction of sp³-hybridized carbons (Fsp3) is 0.333. The zero-order valence-electron chi connectivity index (χ0n) is 15.8. The molecule has 27 heavy (non-hydrogen) atoms. The van der Waals surface area contributed by atoms with Crippen LogP contribution in [0.5, 0.6) is 5.75 Å². The highest BCUT2D eigenvalue weighted by Crippen LogP contribution is 2.28. The minimum atomic E-state index is -0.440. The molecule has 1 saturated heterocycles. The molecule has 1 heterocycles. The van der Waals surface area contributed by atoms with Gasteiger partial charge in [-0.2, -0.15) is 0 Å². The Bertz CT molecular complexity index is 833. The first kappa shape index (κ1) is 18.9. The topological polar surface area (TPSA) is 67.9 Å². The highest BCUT2D eigenvalue weighted by molar-refractivity contribution is 5.95. The van der Waals surface area contributed by atoms with E-state index in [1.54, 1.807) is 12.1 Å². The van der Waals surface area contributed by atoms with Crippen molar-refractivity contribution in [2.45, 2.75) is 13.0 Å². The number of piperazine rings is 1. The molecule has 0 aromatic heterocycles. The van der Waals surface area contributed by atoms with Crippen LogP contribution in [0, 0.1) is 0 Å². The van der Waals surface area contributed by atoms with Crippen molar-refractivity contribution >= 4 is 11.9 Å². The molecule has 0 radical (unpaired) electrons. The maximum Gasteiger partial charge on any atom is 0.341 e. The van der Waals surface area contributed by atoms with E-state index >= 15 is 0 Å². The normalized spacial score (nSPS) is 16.7. The number of hydrogen-bond donors (Lipinski definition) is 1. The van der Waals surface area contributed by atoms with Crippen molar-refractivity contribution in [2.75, 3.05) is 33.9 Å². The Balaban J connectivity index is 1.83. The Labute approximate surface area is 159 Å². The van der Waals surface area contributed by atoms with Gasteiger partial charge in [0.2, 0.25) is 0 Å². The van der Waals surface area contributed by atoms with Gasteiger partial charge in [0.15, 0.2) is 0 Å². The van der Waals surface area contributed by atoms with Gasteiger partial charge in [0, 0.05) is 31.2 Å². The smallest absolute Gasteiger partial charge is 0.341 e. The van der Waals surface area contributed by atoms with Crippen molar-refractivity contribution in [2.24, 2.45) is 0 Å². The van der Waals surface area contributed by atoms with E-state index in [2.05, 4.69) is 5.32 Å². The molecule has 0 unspecified atom stereocenters. The highest BCUT2D eigenvalue weighted by Gasteiger charge is 2.24. The summed E-state index contributed by atoms with van der Waals surface area (Å²) < 4.78 is 10.1. The van der Waals surface area contributed by atoms with E-state index in [9.17, 15) is 9.59 Å². The first-order valence-electron chi connectivity index (χ1n) is 8.93. The summed E-state index contributed by atoms with van der Waals surface area (Å²) in [4.78, 5) is 26.4. The molecule has 1 aliphatic heterocycles. The second-order valence-electron chi connectivity index (χ2n) is 6.54. The maximum absolute atomic E-state index is 12.7. The van der Waals surface area contributed by atoms with Gasteiger partial charge in [-0.25, -0.2) is 4.79 Å². The molecule has 6 nitrogen and oxygen atoms in total. The van der Waals surface area contributed by atoms with Gasteiger partial charge in [0.1, 0.15) is 11.3 Å². The van der Waals surface area contributed by atoms with Crippen LogP contribution in [0.1, 0.15) is 27.6 Å². The quantitative estimate of drug-likeness (QED) is 0.840. The SMILES string of the molecule is COC(=O)c1ccc(-c2ccc(C(=O)N3CCNC[C@@H]3C)cc2)cc1OC. The first-order chi connectivity index (χ1) is 13.0. The number of carbonyl (C=O) groups excluding carboxylic acids is 2. The summed E-state index contributed by atoms with van der Waals surface area (Å²) in [7, 11) is 2.85. The van der Waals surface area contributed by atoms with Crippen LogP contribution in [-0.2, 0) is 4.74 Å². The Kier molecular flexibility index (Phi) is 5.76. The summed E-state index contributed by atoms with van der Waals surface area (Å²) in [6.07, 6.45) is 0. The number of ether oxygens (including phenoxy) is 2. The summed E-state index contributed by atoms with van der Waals surface area (Å²) in [5.74, 6) is 0.0628. The average molecular weight is 368 g/mol. The van der Waals surface area contributed by atoms with Gasteiger partial charge in [-0.3, -0.25) is 4.79 Å². The summed E-state index contributed by atoms with van der Waals surface area (Å²) in [5.41, 5.74) is 2.89. The lowest BCUT2D eigenvalue weighted by molar-refractivity contribution is 0.0596. The minimum Gasteiger partial charge on any atom is -0.496 e. The van der Waals surface area contributed by atoms with Crippen LogP contribution in [0.4, 0.5) is 0 Å². The summed E-state index contributed by atoms with van der Waals surface area (Å²) in [5, 5.41) is 3.29. The minimum absolute atomic E-state index is 0.0502. The van der Waals surface area contributed by atoms with E-state index < -0.39 is 5.97 Å². The van der Waals surface area contributed by atoms with Crippen LogP contribution in [-0.4, -0.2) is 56.7 Å². The molecule has 2 aromatic carbocycles. The fourth-order valence-electron chi connectivity index (χ4n) is 3.26. The predicted octanol–water partition coefficient (Wildman–Crippen LogP) is 2.58. The molecule has 3 rings (SSSR count). The Morgan fingerprint density at radius 3 is 2.41 bits per heavy atom. The third-order valence-electron chi connectivity index (χ3n) is 4.83. The van der Waals surface area contributed by atoms with Crippen LogP contribution in [0.25, 0.3) is 11.1 Å². The molecule has 1 N–H and O–H groups in total. The summed E-state index contributed by atoms with van der Waals surface area (Å²) >= 11 is 0. The van der Waals surface area contributed by atoms with Gasteiger partial charge < -0.3 is 19.7 Å². The molecule has 1 atom stereocenters. The fourth-order valence-corrected chi connectivity index (χ4v) is 3.26. The van der Waals surface area contributed by atoms with Crippen LogP contribution >= 0.6 is 0 Å². The lowest BCUT2D eigenvalue weighted by Gasteiger charge is -2.34. The van der Waals surface area contributed by atoms with E-state index in [1.807, 2.05) is 42.2 Å². The Hall–Kier alpha value is -2.86. The van der Waals surface area contributed by atoms with Crippen molar-refractivity contribution in [3.8, 4) is 16.9 Å². The van der Waals surface area contributed by atoms with Crippen LogP contribution < -0.4 is 10.1 Å². The molecule has 1 amide bonds. The molecule has 1 fully saturated rings. The van der Waals surface area contributed by atoms with Crippen LogP contribution in [0.3, 0.4) is 0 Å². The number of nitrogens with one attached hydrogen (secondary N) is 1. The number of benzene rings is 2. The van der Waals surface area contributed by atoms with Gasteiger partial charge in [0.05, 0.1) is 14.2 Å². The van der Waals surface area contributed by atoms with Gasteiger partial charge in [-0.05, 0) is 42.3 Å². The third kappa shape index (κ3) is 3.95. The maximum atomic E-state index is 12.7. The number of amides is 1. The van der Waals surface area contributed by atoms with Gasteiger partial charge >= 0.3 is 5.97 Å². The summed E-state index contributed by atoms with van der Waals surface area (Å²) in [6.45, 7) is 4.40. The Morgan fingerprint density at radius 1 is 1.07 bits per heavy atom. The van der Waals surface area contributed by atoms with Crippen molar-refractivity contribution in [3.63, 3.8) is 0 Å². The number of hydrogen-bond acceptors (Lipinski definition) is 5. The lowest BCUT2D eigenvalue weighted by Crippen LogP contribution is -2.52. The van der Waals surface area contributed by atoms with Gasteiger partial charge in [0.25, 0.3) is 5.91 Å². The molecule has 0 bridgehead atoms. The molecular formula is C21H24N2O4. The van der Waals surface area contributed by atoms with Crippen LogP contribution in [0.15, 0.2) is 42.5 Å². The molecule has 1 aliphatic rings. The third-order valence-corrected chi connectivity index (χ3v) is 4.83. The second-order valence-corrected chi connectivity index (χ2v) is 6.54. The lowest BCUT2D eigenvalue weighted by atomic mass is 10.0. The zero-order valence-corrected chi connectivity index (χ0v) is 15.8. The van der Waals surface area contributed by atoms with Crippen molar-refractivity contribution < 1.29 is 19.1 Å². The first-order valence-corrected chi connectivity index (χ1v) is 8.93. The predicted molar refractivity (Wildman–Crippen MR) is 103 cm³/mol. The van der Waals surface area contributed by atoms with Crippen molar-refractivity contribution in [3.05, 3.63) is 53.6 Å². The monoisotopic (exact) mass is 368 g/mol. The molecule has 142 valence electrons. The van der Waals surface area contributed by atoms with Crippen molar-refractivity contribution in [1.29, 1.82) is 0 Å². The van der Waals surface area contributed by atoms with E-state index in [-0.39, 0.29) is 11.9 Å². The zero-order chi connectivity index (χ0) is 19.4. The Morgan fingerprint density at radius 2 is 1.78 bits per heavy atom. The van der Waals surface area contributed by atoms with E-state index in [0.29, 0.717) is 23.4 Å². The number of carbonyl (C=O) groups is 2. The van der Waals surface area contributed by atoms with E-state index in [0.717, 1.165) is 24.2 Å². The van der Waals surface area contributed by atoms with Gasteiger partial charge in [-0.15, -0.1) is 0 Å². The summed E-state index contributed by atoms with van der Waals surface area (Å²) in [6, 6.07) is 13.0. The molecule has 2 aromatic rings. The van der Waals surface area contributed by atoms with E-state index in [4.69, 9.17) is 9.47 Å². The molecule has 0 saturated carbocycles. The van der Waals surface area contributed by atoms with Gasteiger partial charge in [-0.1, -0.05) is 18.2 Å². The number of rotatable bonds is 4. The standard InChI is InChI=1S/C21H24N2O4/c1-14-13-22-10-11-23(14)20(24)16-6-4-15(5-7-16)17-8-9-18(21(25)27-3)19(12-17)26-2/h4-9,12,14,22H,10-11,13H2,1-3H3/t14-/m0/s1. The largest absolute Gasteiger partial charge is 0.496 e. The number of esters is 1.